The van der Waals surface area contributed by atoms with E-state index in [-0.39, 0.29) is 5.91 Å². The van der Waals surface area contributed by atoms with Gasteiger partial charge in [-0.2, -0.15) is 13.2 Å². The van der Waals surface area contributed by atoms with E-state index >= 15 is 0 Å². The second kappa shape index (κ2) is 11.2. The summed E-state index contributed by atoms with van der Waals surface area (Å²) in [4.78, 5) is 19.7. The van der Waals surface area contributed by atoms with Crippen molar-refractivity contribution in [2.75, 3.05) is 19.8 Å². The summed E-state index contributed by atoms with van der Waals surface area (Å²) < 4.78 is 42.8. The third kappa shape index (κ3) is 10.1. The number of aliphatic carboxylic acids is 1. The van der Waals surface area contributed by atoms with Crippen molar-refractivity contribution < 1.29 is 37.3 Å². The van der Waals surface area contributed by atoms with Crippen LogP contribution in [0.15, 0.2) is 18.2 Å². The lowest BCUT2D eigenvalue weighted by atomic mass is 10.1. The Labute approximate surface area is 143 Å². The van der Waals surface area contributed by atoms with Gasteiger partial charge in [-0.05, 0) is 38.0 Å². The van der Waals surface area contributed by atoms with E-state index in [0.29, 0.717) is 19.8 Å². The average Bonchev–Trinajstić information content (AvgIpc) is 2.49. The van der Waals surface area contributed by atoms with Crippen molar-refractivity contribution in [3.05, 3.63) is 23.8 Å². The van der Waals surface area contributed by atoms with Crippen molar-refractivity contribution in [3.8, 4) is 11.5 Å². The summed E-state index contributed by atoms with van der Waals surface area (Å²) in [5.41, 5.74) is 1.12. The van der Waals surface area contributed by atoms with E-state index in [0.717, 1.165) is 23.5 Å². The molecule has 0 aliphatic carbocycles. The Morgan fingerprint density at radius 1 is 1.12 bits per heavy atom. The van der Waals surface area contributed by atoms with Crippen LogP contribution in [0.25, 0.3) is 0 Å². The SMILES string of the molecule is CCOc1ccc(CCNC(C)=O)cc1OCC.O=C(O)C(F)(F)F. The van der Waals surface area contributed by atoms with Gasteiger partial charge < -0.3 is 19.9 Å². The standard InChI is InChI=1S/C14H21NO3.C2HF3O2/c1-4-17-13-7-6-12(8-9-15-11(3)16)10-14(13)18-5-2;3-2(4,5)1(6)7/h6-7,10H,4-5,8-9H2,1-3H3,(H,15,16);(H,6,7). The van der Waals surface area contributed by atoms with E-state index in [9.17, 15) is 18.0 Å². The lowest BCUT2D eigenvalue weighted by Crippen LogP contribution is -2.22. The zero-order valence-electron chi connectivity index (χ0n) is 14.3. The van der Waals surface area contributed by atoms with Gasteiger partial charge in [-0.15, -0.1) is 0 Å². The highest BCUT2D eigenvalue weighted by atomic mass is 19.4. The number of amides is 1. The molecule has 25 heavy (non-hydrogen) atoms. The predicted molar refractivity (Wildman–Crippen MR) is 84.9 cm³/mol. The summed E-state index contributed by atoms with van der Waals surface area (Å²) in [5.74, 6) is -1.24. The van der Waals surface area contributed by atoms with E-state index in [1.165, 1.54) is 6.92 Å². The maximum absolute atomic E-state index is 10.8. The second-order valence-electron chi connectivity index (χ2n) is 4.68. The minimum absolute atomic E-state index is 0.00836. The van der Waals surface area contributed by atoms with E-state index < -0.39 is 12.1 Å². The number of nitrogens with one attached hydrogen (secondary N) is 1. The monoisotopic (exact) mass is 365 g/mol. The van der Waals surface area contributed by atoms with Crippen LogP contribution in [0.4, 0.5) is 13.2 Å². The number of hydrogen-bond donors (Lipinski definition) is 2. The van der Waals surface area contributed by atoms with Crippen molar-refractivity contribution in [1.82, 2.24) is 5.32 Å². The Hall–Kier alpha value is -2.45. The topological polar surface area (TPSA) is 84.9 Å². The molecule has 1 rings (SSSR count). The van der Waals surface area contributed by atoms with Crippen LogP contribution in [-0.4, -0.2) is 42.9 Å². The minimum Gasteiger partial charge on any atom is -0.490 e. The molecule has 0 radical (unpaired) electrons. The number of carbonyl (C=O) groups is 2. The van der Waals surface area contributed by atoms with Gasteiger partial charge >= 0.3 is 12.1 Å². The number of carboxylic acids is 1. The largest absolute Gasteiger partial charge is 0.490 e. The molecule has 0 aliphatic rings. The molecule has 0 atom stereocenters. The molecule has 0 saturated heterocycles. The summed E-state index contributed by atoms with van der Waals surface area (Å²) >= 11 is 0. The van der Waals surface area contributed by atoms with Crippen molar-refractivity contribution in [2.24, 2.45) is 0 Å². The molecule has 0 aromatic heterocycles. The Kier molecular flexibility index (Phi) is 10.1. The van der Waals surface area contributed by atoms with Crippen LogP contribution in [-0.2, 0) is 16.0 Å². The second-order valence-corrected chi connectivity index (χ2v) is 4.68. The molecule has 2 N–H and O–H groups in total. The molecular weight excluding hydrogens is 343 g/mol. The van der Waals surface area contributed by atoms with E-state index in [1.54, 1.807) is 0 Å². The first-order valence-electron chi connectivity index (χ1n) is 7.54. The molecule has 0 spiro atoms. The maximum atomic E-state index is 10.8. The van der Waals surface area contributed by atoms with Gasteiger partial charge in [0, 0.05) is 13.5 Å². The molecule has 1 aromatic carbocycles. The Balaban J connectivity index is 0.000000697. The normalized spacial score (nSPS) is 10.3. The van der Waals surface area contributed by atoms with Crippen LogP contribution in [0.2, 0.25) is 0 Å². The number of ether oxygens (including phenoxy) is 2. The van der Waals surface area contributed by atoms with Gasteiger partial charge in [-0.25, -0.2) is 4.79 Å². The molecule has 0 fully saturated rings. The molecule has 1 aromatic rings. The molecule has 142 valence electrons. The highest BCUT2D eigenvalue weighted by Gasteiger charge is 2.38. The number of hydrogen-bond acceptors (Lipinski definition) is 4. The van der Waals surface area contributed by atoms with Gasteiger partial charge in [-0.1, -0.05) is 6.07 Å². The van der Waals surface area contributed by atoms with Crippen LogP contribution >= 0.6 is 0 Å². The van der Waals surface area contributed by atoms with Crippen molar-refractivity contribution in [2.45, 2.75) is 33.4 Å². The minimum atomic E-state index is -5.08. The molecule has 6 nitrogen and oxygen atoms in total. The first kappa shape index (κ1) is 22.6. The molecule has 0 heterocycles. The highest BCUT2D eigenvalue weighted by Crippen LogP contribution is 2.28. The lowest BCUT2D eigenvalue weighted by Gasteiger charge is -2.12. The van der Waals surface area contributed by atoms with Crippen LogP contribution in [0.5, 0.6) is 11.5 Å². The fourth-order valence-corrected chi connectivity index (χ4v) is 1.63. The molecule has 9 heteroatoms. The summed E-state index contributed by atoms with van der Waals surface area (Å²) in [7, 11) is 0. The summed E-state index contributed by atoms with van der Waals surface area (Å²) in [6.45, 7) is 7.26. The summed E-state index contributed by atoms with van der Waals surface area (Å²) in [5, 5.41) is 9.90. The van der Waals surface area contributed by atoms with Crippen LogP contribution in [0.3, 0.4) is 0 Å². The number of alkyl halides is 3. The molecular formula is C16H22F3NO5. The Morgan fingerprint density at radius 2 is 1.64 bits per heavy atom. The van der Waals surface area contributed by atoms with Crippen molar-refractivity contribution >= 4 is 11.9 Å². The third-order valence-corrected chi connectivity index (χ3v) is 2.64. The fraction of sp³-hybridized carbons (Fsp3) is 0.500. The average molecular weight is 365 g/mol. The summed E-state index contributed by atoms with van der Waals surface area (Å²) in [6, 6.07) is 5.88. The molecule has 0 unspecified atom stereocenters. The maximum Gasteiger partial charge on any atom is 0.490 e. The number of carboxylic acid groups (broad SMARTS) is 1. The zero-order valence-corrected chi connectivity index (χ0v) is 14.3. The quantitative estimate of drug-likeness (QED) is 0.776. The number of rotatable bonds is 7. The van der Waals surface area contributed by atoms with Gasteiger partial charge in [0.2, 0.25) is 5.91 Å². The molecule has 0 aliphatic heterocycles. The lowest BCUT2D eigenvalue weighted by molar-refractivity contribution is -0.192. The zero-order chi connectivity index (χ0) is 19.5. The van der Waals surface area contributed by atoms with Crippen LogP contribution in [0.1, 0.15) is 26.3 Å². The molecule has 0 bridgehead atoms. The third-order valence-electron chi connectivity index (χ3n) is 2.64. The van der Waals surface area contributed by atoms with Gasteiger partial charge in [0.15, 0.2) is 11.5 Å². The van der Waals surface area contributed by atoms with E-state index in [1.807, 2.05) is 32.0 Å². The number of halogens is 3. The Morgan fingerprint density at radius 3 is 2.08 bits per heavy atom. The van der Waals surface area contributed by atoms with E-state index in [4.69, 9.17) is 19.4 Å². The van der Waals surface area contributed by atoms with Crippen LogP contribution < -0.4 is 14.8 Å². The fourth-order valence-electron chi connectivity index (χ4n) is 1.63. The first-order valence-corrected chi connectivity index (χ1v) is 7.54. The predicted octanol–water partition coefficient (Wildman–Crippen LogP) is 2.80. The molecule has 1 amide bonds. The molecule has 0 saturated carbocycles. The first-order chi connectivity index (χ1) is 11.6. The number of carbonyl (C=O) groups excluding carboxylic acids is 1. The van der Waals surface area contributed by atoms with Crippen LogP contribution in [0, 0.1) is 0 Å². The van der Waals surface area contributed by atoms with Crippen molar-refractivity contribution in [3.63, 3.8) is 0 Å². The van der Waals surface area contributed by atoms with E-state index in [2.05, 4.69) is 5.32 Å². The van der Waals surface area contributed by atoms with Gasteiger partial charge in [-0.3, -0.25) is 4.79 Å². The Bertz CT molecular complexity index is 561. The highest BCUT2D eigenvalue weighted by molar-refractivity contribution is 5.73. The number of benzene rings is 1. The van der Waals surface area contributed by atoms with Gasteiger partial charge in [0.1, 0.15) is 0 Å². The van der Waals surface area contributed by atoms with Crippen molar-refractivity contribution in [1.29, 1.82) is 0 Å². The summed E-state index contributed by atoms with van der Waals surface area (Å²) in [6.07, 6.45) is -4.30. The smallest absolute Gasteiger partial charge is 0.490 e. The van der Waals surface area contributed by atoms with Gasteiger partial charge in [0.05, 0.1) is 13.2 Å². The van der Waals surface area contributed by atoms with Gasteiger partial charge in [0.25, 0.3) is 0 Å².